The van der Waals surface area contributed by atoms with Gasteiger partial charge in [0.2, 0.25) is 0 Å². The van der Waals surface area contributed by atoms with Crippen molar-refractivity contribution in [1.82, 2.24) is 0 Å². The van der Waals surface area contributed by atoms with E-state index in [1.165, 1.54) is 16.7 Å². The molecule has 3 heteroatoms. The lowest BCUT2D eigenvalue weighted by Crippen LogP contribution is -2.83. The average Bonchev–Trinajstić information content (AvgIpc) is 2.52. The van der Waals surface area contributed by atoms with Crippen LogP contribution in [0.3, 0.4) is 0 Å². The zero-order chi connectivity index (χ0) is 14.9. The first-order valence-corrected chi connectivity index (χ1v) is 7.36. The Labute approximate surface area is 126 Å². The van der Waals surface area contributed by atoms with Gasteiger partial charge in [0.05, 0.1) is 13.2 Å². The number of ether oxygens (including phenoxy) is 2. The zero-order valence-electron chi connectivity index (χ0n) is 12.8. The molecule has 0 fully saturated rings. The lowest BCUT2D eigenvalue weighted by Gasteiger charge is -2.11. The maximum absolute atomic E-state index is 5.97. The van der Waals surface area contributed by atoms with Crippen LogP contribution in [-0.4, -0.2) is 20.3 Å². The minimum absolute atomic E-state index is 0.607. The Bertz CT molecular complexity index is 537. The van der Waals surface area contributed by atoms with Gasteiger partial charge in [0.15, 0.2) is 0 Å². The maximum Gasteiger partial charge on any atom is 0.128 e. The fraction of sp³-hybridized carbons (Fsp3) is 0.333. The van der Waals surface area contributed by atoms with E-state index in [1.54, 1.807) is 7.11 Å². The van der Waals surface area contributed by atoms with Crippen LogP contribution in [0.15, 0.2) is 48.5 Å². The van der Waals surface area contributed by atoms with Crippen molar-refractivity contribution in [3.8, 4) is 5.75 Å². The molecule has 112 valence electrons. The molecule has 2 rings (SSSR count). The van der Waals surface area contributed by atoms with Crippen molar-refractivity contribution in [2.45, 2.75) is 20.1 Å². The highest BCUT2D eigenvalue weighted by Crippen LogP contribution is 2.18. The number of hydrogen-bond acceptors (Lipinski definition) is 2. The molecule has 0 amide bonds. The molecule has 0 aliphatic carbocycles. The molecule has 0 radical (unpaired) electrons. The first kappa shape index (κ1) is 15.5. The number of quaternary nitrogens is 1. The second-order valence-electron chi connectivity index (χ2n) is 5.16. The Morgan fingerprint density at radius 3 is 2.52 bits per heavy atom. The van der Waals surface area contributed by atoms with Gasteiger partial charge in [-0.3, -0.25) is 0 Å². The smallest absolute Gasteiger partial charge is 0.128 e. The van der Waals surface area contributed by atoms with Crippen molar-refractivity contribution in [1.29, 1.82) is 0 Å². The van der Waals surface area contributed by atoms with Gasteiger partial charge in [-0.15, -0.1) is 0 Å². The molecule has 2 N–H and O–H groups in total. The molecule has 0 heterocycles. The minimum atomic E-state index is 0.607. The van der Waals surface area contributed by atoms with Gasteiger partial charge in [-0.05, 0) is 24.6 Å². The van der Waals surface area contributed by atoms with Crippen LogP contribution >= 0.6 is 0 Å². The molecule has 2 aromatic carbocycles. The Morgan fingerprint density at radius 1 is 1.00 bits per heavy atom. The van der Waals surface area contributed by atoms with Crippen molar-refractivity contribution in [3.05, 3.63) is 65.2 Å². The lowest BCUT2D eigenvalue weighted by molar-refractivity contribution is -0.671. The number of benzene rings is 2. The van der Waals surface area contributed by atoms with Crippen LogP contribution in [0.5, 0.6) is 5.75 Å². The summed E-state index contributed by atoms with van der Waals surface area (Å²) in [4.78, 5) is 0. The van der Waals surface area contributed by atoms with Gasteiger partial charge in [0.1, 0.15) is 18.9 Å². The first-order valence-electron chi connectivity index (χ1n) is 7.36. The summed E-state index contributed by atoms with van der Waals surface area (Å²) in [5.41, 5.74) is 3.69. The molecular weight excluding hydrogens is 262 g/mol. The summed E-state index contributed by atoms with van der Waals surface area (Å²) in [5, 5.41) is 2.23. The van der Waals surface area contributed by atoms with E-state index in [9.17, 15) is 0 Å². The highest BCUT2D eigenvalue weighted by molar-refractivity contribution is 5.33. The predicted molar refractivity (Wildman–Crippen MR) is 84.3 cm³/mol. The second kappa shape index (κ2) is 8.45. The van der Waals surface area contributed by atoms with Crippen molar-refractivity contribution >= 4 is 0 Å². The number of methoxy groups -OCH3 is 1. The van der Waals surface area contributed by atoms with Gasteiger partial charge in [0.25, 0.3) is 0 Å². The van der Waals surface area contributed by atoms with E-state index in [0.717, 1.165) is 25.4 Å². The fourth-order valence-corrected chi connectivity index (χ4v) is 2.12. The predicted octanol–water partition coefficient (Wildman–Crippen LogP) is 2.28. The van der Waals surface area contributed by atoms with Gasteiger partial charge in [-0.25, -0.2) is 0 Å². The molecule has 0 saturated carbocycles. The Hall–Kier alpha value is -1.84. The SMILES string of the molecule is COCC[NH2+]Cc1ccccc1OCc1ccc(C)cc1. The number of rotatable bonds is 8. The van der Waals surface area contributed by atoms with E-state index >= 15 is 0 Å². The third-order valence-electron chi connectivity index (χ3n) is 3.38. The Balaban J connectivity index is 1.91. The van der Waals surface area contributed by atoms with Gasteiger partial charge < -0.3 is 14.8 Å². The Morgan fingerprint density at radius 2 is 1.76 bits per heavy atom. The van der Waals surface area contributed by atoms with Crippen LogP contribution in [0.4, 0.5) is 0 Å². The topological polar surface area (TPSA) is 35.1 Å². The molecule has 0 aliphatic heterocycles. The first-order chi connectivity index (χ1) is 10.3. The van der Waals surface area contributed by atoms with E-state index < -0.39 is 0 Å². The number of para-hydroxylation sites is 1. The standard InChI is InChI=1S/C18H23NO2/c1-15-7-9-16(10-8-15)14-21-18-6-4-3-5-17(18)13-19-11-12-20-2/h3-10,19H,11-14H2,1-2H3/p+1. The molecule has 0 aliphatic rings. The largest absolute Gasteiger partial charge is 0.488 e. The minimum Gasteiger partial charge on any atom is -0.488 e. The van der Waals surface area contributed by atoms with Crippen LogP contribution in [0.2, 0.25) is 0 Å². The van der Waals surface area contributed by atoms with Crippen LogP contribution in [-0.2, 0) is 17.9 Å². The molecule has 0 unspecified atom stereocenters. The fourth-order valence-electron chi connectivity index (χ4n) is 2.12. The van der Waals surface area contributed by atoms with Gasteiger partial charge in [-0.2, -0.15) is 0 Å². The third kappa shape index (κ3) is 5.21. The van der Waals surface area contributed by atoms with Crippen LogP contribution in [0.25, 0.3) is 0 Å². The molecule has 2 aromatic rings. The summed E-state index contributed by atoms with van der Waals surface area (Å²) < 4.78 is 11.0. The quantitative estimate of drug-likeness (QED) is 0.756. The van der Waals surface area contributed by atoms with Crippen molar-refractivity contribution in [3.63, 3.8) is 0 Å². The van der Waals surface area contributed by atoms with Gasteiger partial charge >= 0.3 is 0 Å². The van der Waals surface area contributed by atoms with E-state index in [4.69, 9.17) is 9.47 Å². The average molecular weight is 286 g/mol. The summed E-state index contributed by atoms with van der Waals surface area (Å²) in [6.45, 7) is 5.34. The molecular formula is C18H24NO2+. The zero-order valence-corrected chi connectivity index (χ0v) is 12.8. The van der Waals surface area contributed by atoms with E-state index in [0.29, 0.717) is 6.61 Å². The molecule has 0 saturated heterocycles. The number of hydrogen-bond donors (Lipinski definition) is 1. The van der Waals surface area contributed by atoms with E-state index in [2.05, 4.69) is 48.6 Å². The van der Waals surface area contributed by atoms with E-state index in [1.807, 2.05) is 12.1 Å². The molecule has 0 spiro atoms. The number of nitrogens with two attached hydrogens (primary N) is 1. The van der Waals surface area contributed by atoms with Crippen molar-refractivity contribution in [2.24, 2.45) is 0 Å². The van der Waals surface area contributed by atoms with Crippen molar-refractivity contribution < 1.29 is 14.8 Å². The van der Waals surface area contributed by atoms with E-state index in [-0.39, 0.29) is 0 Å². The monoisotopic (exact) mass is 286 g/mol. The summed E-state index contributed by atoms with van der Waals surface area (Å²) in [6.07, 6.45) is 0. The summed E-state index contributed by atoms with van der Waals surface area (Å²) in [6, 6.07) is 16.7. The third-order valence-corrected chi connectivity index (χ3v) is 3.38. The number of aryl methyl sites for hydroxylation is 1. The van der Waals surface area contributed by atoms with Gasteiger partial charge in [0, 0.05) is 12.7 Å². The normalized spacial score (nSPS) is 10.6. The van der Waals surface area contributed by atoms with Crippen molar-refractivity contribution in [2.75, 3.05) is 20.3 Å². The Kier molecular flexibility index (Phi) is 6.25. The molecule has 0 bridgehead atoms. The maximum atomic E-state index is 5.97. The molecule has 21 heavy (non-hydrogen) atoms. The highest BCUT2D eigenvalue weighted by Gasteiger charge is 2.05. The molecule has 0 aromatic heterocycles. The highest BCUT2D eigenvalue weighted by atomic mass is 16.5. The van der Waals surface area contributed by atoms with Crippen LogP contribution < -0.4 is 10.1 Å². The lowest BCUT2D eigenvalue weighted by atomic mass is 10.1. The molecule has 0 atom stereocenters. The van der Waals surface area contributed by atoms with Crippen LogP contribution in [0, 0.1) is 6.92 Å². The second-order valence-corrected chi connectivity index (χ2v) is 5.16. The molecule has 3 nitrogen and oxygen atoms in total. The summed E-state index contributed by atoms with van der Waals surface area (Å²) in [5.74, 6) is 0.965. The van der Waals surface area contributed by atoms with Gasteiger partial charge in [-0.1, -0.05) is 42.0 Å². The summed E-state index contributed by atoms with van der Waals surface area (Å²) in [7, 11) is 1.73. The summed E-state index contributed by atoms with van der Waals surface area (Å²) >= 11 is 0. The van der Waals surface area contributed by atoms with Crippen LogP contribution in [0.1, 0.15) is 16.7 Å².